The fraction of sp³-hybridized carbons (Fsp3) is 1.00. The Balaban J connectivity index is 5.73. The fourth-order valence-corrected chi connectivity index (χ4v) is 12.3. The summed E-state index contributed by atoms with van der Waals surface area (Å²) >= 11 is 10.0. The molecule has 0 aliphatic rings. The van der Waals surface area contributed by atoms with Gasteiger partial charge in [-0.15, -0.1) is 16.8 Å². The number of thiol groups is 2. The molecule has 0 unspecified atom stereocenters. The van der Waals surface area contributed by atoms with Crippen LogP contribution in [0.3, 0.4) is 0 Å². The molecule has 0 aromatic rings. The highest BCUT2D eigenvalue weighted by Gasteiger charge is 2.45. The van der Waals surface area contributed by atoms with Crippen LogP contribution in [0, 0.1) is 0 Å². The van der Waals surface area contributed by atoms with Crippen LogP contribution in [0.5, 0.6) is 0 Å². The summed E-state index contributed by atoms with van der Waals surface area (Å²) < 4.78 is 5.29. The van der Waals surface area contributed by atoms with Crippen LogP contribution in [0.1, 0.15) is 55.4 Å². The molecule has 0 atom stereocenters. The predicted octanol–water partition coefficient (Wildman–Crippen LogP) is 6.44. The first-order valence-electron chi connectivity index (χ1n) is 6.45. The second kappa shape index (κ2) is 6.69. The molecular weight excluding hydrogens is 284 g/mol. The lowest BCUT2D eigenvalue weighted by Gasteiger charge is -2.32. The number of rotatable bonds is 5. The lowest BCUT2D eigenvalue weighted by atomic mass is 10.5. The highest BCUT2D eigenvalue weighted by Crippen LogP contribution is 2.80. The van der Waals surface area contributed by atoms with E-state index in [-0.39, 0.29) is 0 Å². The molecule has 5 heteroatoms. The Kier molecular flexibility index (Phi) is 7.22. The summed E-state index contributed by atoms with van der Waals surface area (Å²) in [6, 6.07) is 0. The van der Waals surface area contributed by atoms with Crippen molar-refractivity contribution < 1.29 is 0 Å². The summed E-state index contributed by atoms with van der Waals surface area (Å²) in [5, 5.41) is 0. The molecule has 0 aromatic carbocycles. The zero-order valence-electron chi connectivity index (χ0n) is 12.5. The maximum absolute atomic E-state index is 5.29. The van der Waals surface area contributed by atoms with Gasteiger partial charge in [0.2, 0.25) is 0 Å². The van der Waals surface area contributed by atoms with Crippen LogP contribution in [0.4, 0.5) is 0 Å². The second-order valence-corrected chi connectivity index (χ2v) is 17.4. The van der Waals surface area contributed by atoms with Gasteiger partial charge in [0.1, 0.15) is 0 Å². The lowest BCUT2D eigenvalue weighted by molar-refractivity contribution is 0.990. The van der Waals surface area contributed by atoms with Gasteiger partial charge in [0.25, 0.3) is 0 Å². The first-order chi connectivity index (χ1) is 7.48. The average molecular weight is 314 g/mol. The maximum atomic E-state index is 5.29. The van der Waals surface area contributed by atoms with Crippen molar-refractivity contribution in [1.29, 1.82) is 0 Å². The van der Waals surface area contributed by atoms with E-state index < -0.39 is 12.9 Å². The smallest absolute Gasteiger partial charge is 0.130 e. The highest BCUT2D eigenvalue weighted by molar-refractivity contribution is 8.56. The van der Waals surface area contributed by atoms with Crippen molar-refractivity contribution in [1.82, 2.24) is 0 Å². The Bertz CT molecular complexity index is 279. The van der Waals surface area contributed by atoms with Gasteiger partial charge in [-0.3, -0.25) is 0 Å². The summed E-state index contributed by atoms with van der Waals surface area (Å²) in [5.41, 5.74) is 2.15. The van der Waals surface area contributed by atoms with Crippen molar-refractivity contribution in [2.24, 2.45) is 4.52 Å². The van der Waals surface area contributed by atoms with Crippen LogP contribution in [0.2, 0.25) is 0 Å². The topological polar surface area (TPSA) is 12.4 Å². The minimum atomic E-state index is -1.55. The third-order valence-corrected chi connectivity index (χ3v) is 18.7. The van der Waals surface area contributed by atoms with E-state index in [1.165, 1.54) is 0 Å². The molecule has 0 bridgehead atoms. The zero-order chi connectivity index (χ0) is 14.0. The van der Waals surface area contributed by atoms with E-state index in [1.54, 1.807) is 0 Å². The van der Waals surface area contributed by atoms with Crippen molar-refractivity contribution in [2.75, 3.05) is 0 Å². The molecule has 0 amide bonds. The summed E-state index contributed by atoms with van der Waals surface area (Å²) in [7, 11) is 0. The van der Waals surface area contributed by atoms with Gasteiger partial charge in [-0.25, -0.2) is 0 Å². The molecular formula is C12H30NP2S2+. The van der Waals surface area contributed by atoms with E-state index in [9.17, 15) is 0 Å². The van der Waals surface area contributed by atoms with E-state index >= 15 is 0 Å². The van der Waals surface area contributed by atoms with Crippen molar-refractivity contribution in [3.05, 3.63) is 0 Å². The molecule has 0 aromatic heterocycles. The average Bonchev–Trinajstić information content (AvgIpc) is 2.15. The Labute approximate surface area is 120 Å². The SMILES string of the molecule is CC(C)P(S)(=N[P+](S)(C(C)C)C(C)C)C(C)C. The standard InChI is InChI=1S/C12H30NP2S2/c1-9(2)14(16,10(3)4)13-15(17,11(5)6)12(7)8/h9-12,16-17H,1-8H3/q+1. The monoisotopic (exact) mass is 314 g/mol. The summed E-state index contributed by atoms with van der Waals surface area (Å²) in [5.74, 6) is 0. The van der Waals surface area contributed by atoms with Crippen LogP contribution in [0.25, 0.3) is 0 Å². The summed E-state index contributed by atoms with van der Waals surface area (Å²) in [6.07, 6.45) is -1.55. The molecule has 0 N–H and O–H groups in total. The Morgan fingerprint density at radius 2 is 1.12 bits per heavy atom. The molecule has 104 valence electrons. The van der Waals surface area contributed by atoms with Gasteiger partial charge in [-0.1, -0.05) is 27.7 Å². The van der Waals surface area contributed by atoms with Crippen molar-refractivity contribution in [3.8, 4) is 0 Å². The van der Waals surface area contributed by atoms with Gasteiger partial charge in [-0.05, 0) is 27.7 Å². The molecule has 0 radical (unpaired) electrons. The molecule has 0 heterocycles. The zero-order valence-corrected chi connectivity index (χ0v) is 16.1. The van der Waals surface area contributed by atoms with Gasteiger partial charge in [-0.2, -0.15) is 0 Å². The van der Waals surface area contributed by atoms with E-state index in [2.05, 4.69) is 55.4 Å². The first-order valence-corrected chi connectivity index (χ1v) is 12.5. The number of hydrogen-bond donors (Lipinski definition) is 2. The Hall–Kier alpha value is 1.36. The van der Waals surface area contributed by atoms with E-state index in [4.69, 9.17) is 29.0 Å². The van der Waals surface area contributed by atoms with Gasteiger partial charge >= 0.3 is 0 Å². The van der Waals surface area contributed by atoms with Gasteiger partial charge in [0, 0.05) is 23.6 Å². The largest absolute Gasteiger partial charge is 0.191 e. The van der Waals surface area contributed by atoms with Crippen molar-refractivity contribution >= 4 is 37.4 Å². The molecule has 1 nitrogen and oxygen atoms in total. The van der Waals surface area contributed by atoms with E-state index in [0.717, 1.165) is 0 Å². The third-order valence-electron chi connectivity index (χ3n) is 3.33. The molecule has 0 saturated heterocycles. The summed E-state index contributed by atoms with van der Waals surface area (Å²) in [6.45, 7) is 16.5. The third kappa shape index (κ3) is 4.16. The number of hydrogen-bond acceptors (Lipinski definition) is 2. The van der Waals surface area contributed by atoms with Crippen molar-refractivity contribution in [3.63, 3.8) is 0 Å². The first kappa shape index (κ1) is 18.4. The van der Waals surface area contributed by atoms with Crippen LogP contribution < -0.4 is 0 Å². The second-order valence-electron chi connectivity index (χ2n) is 5.87. The predicted molar refractivity (Wildman–Crippen MR) is 94.8 cm³/mol. The Morgan fingerprint density at radius 3 is 1.29 bits per heavy atom. The van der Waals surface area contributed by atoms with Crippen LogP contribution >= 0.6 is 37.4 Å². The molecule has 0 saturated carbocycles. The van der Waals surface area contributed by atoms with E-state index in [1.807, 2.05) is 0 Å². The minimum absolute atomic E-state index is 0.537. The van der Waals surface area contributed by atoms with Gasteiger partial charge < -0.3 is 0 Å². The molecule has 17 heavy (non-hydrogen) atoms. The van der Waals surface area contributed by atoms with Crippen molar-refractivity contribution in [2.45, 2.75) is 78.0 Å². The molecule has 0 fully saturated rings. The maximum Gasteiger partial charge on any atom is 0.191 e. The molecule has 0 spiro atoms. The van der Waals surface area contributed by atoms with Gasteiger partial charge in [0.15, 0.2) is 6.62 Å². The highest BCUT2D eigenvalue weighted by atomic mass is 32.7. The number of nitrogens with zero attached hydrogens (tertiary/aromatic N) is 1. The fourth-order valence-electron chi connectivity index (χ4n) is 1.84. The van der Waals surface area contributed by atoms with E-state index in [0.29, 0.717) is 22.6 Å². The lowest BCUT2D eigenvalue weighted by Crippen LogP contribution is -2.11. The molecule has 0 aliphatic carbocycles. The quantitative estimate of drug-likeness (QED) is 0.428. The van der Waals surface area contributed by atoms with Crippen LogP contribution in [-0.4, -0.2) is 22.6 Å². The summed E-state index contributed by atoms with van der Waals surface area (Å²) in [4.78, 5) is 0. The normalized spacial score (nSPS) is 14.2. The van der Waals surface area contributed by atoms with Crippen LogP contribution in [-0.2, 0) is 0 Å². The Morgan fingerprint density at radius 1 is 0.824 bits per heavy atom. The molecule has 0 rings (SSSR count). The van der Waals surface area contributed by atoms with Crippen LogP contribution in [0.15, 0.2) is 4.52 Å². The minimum Gasteiger partial charge on any atom is -0.130 e. The molecule has 0 aliphatic heterocycles. The van der Waals surface area contributed by atoms with Gasteiger partial charge in [0.05, 0.1) is 17.6 Å².